The van der Waals surface area contributed by atoms with E-state index in [2.05, 4.69) is 17.0 Å². The van der Waals surface area contributed by atoms with E-state index in [1.54, 1.807) is 4.90 Å². The van der Waals surface area contributed by atoms with E-state index in [4.69, 9.17) is 14.5 Å². The summed E-state index contributed by atoms with van der Waals surface area (Å²) < 4.78 is 10.9. The first-order valence-electron chi connectivity index (χ1n) is 12.5. The van der Waals surface area contributed by atoms with Gasteiger partial charge in [-0.1, -0.05) is 12.1 Å². The highest BCUT2D eigenvalue weighted by atomic mass is 16.6. The molecule has 34 heavy (non-hydrogen) atoms. The molecule has 3 heterocycles. The van der Waals surface area contributed by atoms with Gasteiger partial charge in [0.2, 0.25) is 0 Å². The summed E-state index contributed by atoms with van der Waals surface area (Å²) in [7, 11) is 0. The molecule has 2 aliphatic heterocycles. The summed E-state index contributed by atoms with van der Waals surface area (Å²) in [6, 6.07) is 4.23. The Balaban J connectivity index is 1.50. The molecule has 1 atom stereocenters. The number of ether oxygens (including phenoxy) is 2. The molecule has 1 aromatic heterocycles. The second kappa shape index (κ2) is 10.9. The molecule has 2 aliphatic rings. The van der Waals surface area contributed by atoms with Crippen LogP contribution in [-0.2, 0) is 27.1 Å². The van der Waals surface area contributed by atoms with Gasteiger partial charge in [0.15, 0.2) is 0 Å². The SMILES string of the molecule is CC(C)(C)OC(=O)/C=C/CN1CC[C@@H](CCc2ccc3c(n2)N(C(=O)OC(C)(C)C)CCC3)C1. The molecule has 0 unspecified atom stereocenters. The van der Waals surface area contributed by atoms with Crippen molar-refractivity contribution in [3.8, 4) is 0 Å². The highest BCUT2D eigenvalue weighted by Crippen LogP contribution is 2.28. The van der Waals surface area contributed by atoms with Gasteiger partial charge in [0.1, 0.15) is 17.0 Å². The van der Waals surface area contributed by atoms with Crippen molar-refractivity contribution in [1.82, 2.24) is 9.88 Å². The van der Waals surface area contributed by atoms with Crippen LogP contribution in [0.5, 0.6) is 0 Å². The molecule has 1 amide bonds. The number of aromatic nitrogens is 1. The highest BCUT2D eigenvalue weighted by Gasteiger charge is 2.29. The van der Waals surface area contributed by atoms with Crippen molar-refractivity contribution in [3.05, 3.63) is 35.5 Å². The van der Waals surface area contributed by atoms with Gasteiger partial charge in [-0.25, -0.2) is 14.6 Å². The minimum absolute atomic E-state index is 0.290. The van der Waals surface area contributed by atoms with E-state index < -0.39 is 11.2 Å². The number of amides is 1. The van der Waals surface area contributed by atoms with Gasteiger partial charge >= 0.3 is 12.1 Å². The van der Waals surface area contributed by atoms with Crippen molar-refractivity contribution in [2.45, 2.75) is 84.8 Å². The Labute approximate surface area is 204 Å². The molecule has 1 fully saturated rings. The van der Waals surface area contributed by atoms with Crippen molar-refractivity contribution < 1.29 is 19.1 Å². The van der Waals surface area contributed by atoms with Gasteiger partial charge in [-0.3, -0.25) is 9.80 Å². The molecule has 0 bridgehead atoms. The fourth-order valence-electron chi connectivity index (χ4n) is 4.41. The number of fused-ring (bicyclic) bond motifs is 1. The van der Waals surface area contributed by atoms with Crippen LogP contribution in [0.2, 0.25) is 0 Å². The topological polar surface area (TPSA) is 72.0 Å². The van der Waals surface area contributed by atoms with Crippen LogP contribution in [0.25, 0.3) is 0 Å². The molecular weight excluding hydrogens is 430 g/mol. The van der Waals surface area contributed by atoms with Gasteiger partial charge in [-0.2, -0.15) is 0 Å². The van der Waals surface area contributed by atoms with Gasteiger partial charge in [0, 0.05) is 31.4 Å². The minimum Gasteiger partial charge on any atom is -0.457 e. The van der Waals surface area contributed by atoms with Crippen LogP contribution in [-0.4, -0.2) is 59.3 Å². The number of esters is 1. The molecule has 188 valence electrons. The summed E-state index contributed by atoms with van der Waals surface area (Å²) in [5.74, 6) is 1.08. The number of aryl methyl sites for hydroxylation is 2. The maximum Gasteiger partial charge on any atom is 0.416 e. The number of carbonyl (C=O) groups excluding carboxylic acids is 2. The van der Waals surface area contributed by atoms with E-state index in [1.165, 1.54) is 6.08 Å². The highest BCUT2D eigenvalue weighted by molar-refractivity contribution is 5.88. The van der Waals surface area contributed by atoms with Gasteiger partial charge in [-0.05, 0) is 97.7 Å². The van der Waals surface area contributed by atoms with Crippen LogP contribution in [0, 0.1) is 5.92 Å². The zero-order valence-electron chi connectivity index (χ0n) is 21.7. The standard InChI is InChI=1S/C27H41N3O4/c1-26(2,3)33-23(31)10-8-16-29-18-15-20(19-29)11-13-22-14-12-21-9-7-17-30(24(21)28-22)25(32)34-27(4,5)6/h8,10,12,14,20H,7,9,11,13,15-19H2,1-6H3/b10-8+/t20-/m1/s1. The summed E-state index contributed by atoms with van der Waals surface area (Å²) in [4.78, 5) is 33.5. The maximum absolute atomic E-state index is 12.7. The van der Waals surface area contributed by atoms with Gasteiger partial charge in [-0.15, -0.1) is 0 Å². The van der Waals surface area contributed by atoms with Crippen LogP contribution in [0.1, 0.15) is 72.1 Å². The quantitative estimate of drug-likeness (QED) is 0.433. The molecule has 0 N–H and O–H groups in total. The average Bonchev–Trinajstić information content (AvgIpc) is 3.16. The molecule has 0 spiro atoms. The molecule has 1 saturated heterocycles. The average molecular weight is 472 g/mol. The second-order valence-electron chi connectivity index (χ2n) is 11.4. The van der Waals surface area contributed by atoms with Crippen molar-refractivity contribution in [1.29, 1.82) is 0 Å². The number of nitrogens with zero attached hydrogens (tertiary/aromatic N) is 3. The lowest BCUT2D eigenvalue weighted by molar-refractivity contribution is -0.148. The van der Waals surface area contributed by atoms with E-state index in [0.29, 0.717) is 12.5 Å². The Bertz CT molecular complexity index is 898. The molecule has 1 aromatic rings. The summed E-state index contributed by atoms with van der Waals surface area (Å²) in [5.41, 5.74) is 1.15. The van der Waals surface area contributed by atoms with E-state index in [-0.39, 0.29) is 12.1 Å². The van der Waals surface area contributed by atoms with E-state index in [1.807, 2.05) is 47.6 Å². The summed E-state index contributed by atoms with van der Waals surface area (Å²) in [6.07, 6.45) is 8.08. The van der Waals surface area contributed by atoms with E-state index in [0.717, 1.165) is 68.8 Å². The Morgan fingerprint density at radius 3 is 2.53 bits per heavy atom. The van der Waals surface area contributed by atoms with Crippen LogP contribution < -0.4 is 4.90 Å². The fraction of sp³-hybridized carbons (Fsp3) is 0.667. The van der Waals surface area contributed by atoms with Crippen molar-refractivity contribution in [2.75, 3.05) is 31.1 Å². The molecule has 3 rings (SSSR count). The second-order valence-corrected chi connectivity index (χ2v) is 11.4. The predicted molar refractivity (Wildman–Crippen MR) is 134 cm³/mol. The lowest BCUT2D eigenvalue weighted by Crippen LogP contribution is -2.40. The number of rotatable bonds is 6. The predicted octanol–water partition coefficient (Wildman–Crippen LogP) is 4.92. The van der Waals surface area contributed by atoms with Crippen LogP contribution in [0.15, 0.2) is 24.3 Å². The monoisotopic (exact) mass is 471 g/mol. The molecule has 0 radical (unpaired) electrons. The fourth-order valence-corrected chi connectivity index (χ4v) is 4.41. The number of hydrogen-bond acceptors (Lipinski definition) is 6. The van der Waals surface area contributed by atoms with E-state index >= 15 is 0 Å². The number of pyridine rings is 1. The molecule has 7 heteroatoms. The van der Waals surface area contributed by atoms with Gasteiger partial charge in [0.25, 0.3) is 0 Å². The number of anilines is 1. The van der Waals surface area contributed by atoms with E-state index in [9.17, 15) is 9.59 Å². The first-order valence-corrected chi connectivity index (χ1v) is 12.5. The maximum atomic E-state index is 12.7. The summed E-state index contributed by atoms with van der Waals surface area (Å²) in [6.45, 7) is 14.7. The number of carbonyl (C=O) groups is 2. The number of likely N-dealkylation sites (tertiary alicyclic amines) is 1. The third-order valence-corrected chi connectivity index (χ3v) is 5.91. The lowest BCUT2D eigenvalue weighted by Gasteiger charge is -2.31. The summed E-state index contributed by atoms with van der Waals surface area (Å²) >= 11 is 0. The third-order valence-electron chi connectivity index (χ3n) is 5.91. The van der Waals surface area contributed by atoms with Crippen molar-refractivity contribution >= 4 is 17.9 Å². The summed E-state index contributed by atoms with van der Waals surface area (Å²) in [5, 5.41) is 0. The smallest absolute Gasteiger partial charge is 0.416 e. The van der Waals surface area contributed by atoms with Crippen molar-refractivity contribution in [2.24, 2.45) is 5.92 Å². The number of hydrogen-bond donors (Lipinski definition) is 0. The molecular formula is C27H41N3O4. The Kier molecular flexibility index (Phi) is 8.39. The first kappa shape index (κ1) is 26.2. The van der Waals surface area contributed by atoms with Gasteiger partial charge in [0.05, 0.1) is 0 Å². The minimum atomic E-state index is -0.525. The Hall–Kier alpha value is -2.41. The molecule has 7 nitrogen and oxygen atoms in total. The molecule has 0 saturated carbocycles. The van der Waals surface area contributed by atoms with Crippen LogP contribution >= 0.6 is 0 Å². The zero-order chi connectivity index (χ0) is 24.9. The largest absolute Gasteiger partial charge is 0.457 e. The first-order chi connectivity index (χ1) is 15.9. The van der Waals surface area contributed by atoms with Crippen LogP contribution in [0.4, 0.5) is 10.6 Å². The van der Waals surface area contributed by atoms with Crippen LogP contribution in [0.3, 0.4) is 0 Å². The molecule has 0 aliphatic carbocycles. The lowest BCUT2D eigenvalue weighted by atomic mass is 10.00. The Morgan fingerprint density at radius 1 is 1.09 bits per heavy atom. The van der Waals surface area contributed by atoms with Crippen molar-refractivity contribution in [3.63, 3.8) is 0 Å². The normalized spacial score (nSPS) is 19.4. The molecule has 0 aromatic carbocycles. The Morgan fingerprint density at radius 2 is 1.82 bits per heavy atom. The zero-order valence-corrected chi connectivity index (χ0v) is 21.7. The van der Waals surface area contributed by atoms with Gasteiger partial charge < -0.3 is 9.47 Å². The third kappa shape index (κ3) is 8.12.